The Labute approximate surface area is 133 Å². The molecule has 0 aromatic carbocycles. The van der Waals surface area contributed by atoms with Crippen LogP contribution in [0.3, 0.4) is 0 Å². The summed E-state index contributed by atoms with van der Waals surface area (Å²) in [6.45, 7) is 8.89. The first-order chi connectivity index (χ1) is 10.2. The molecule has 1 heterocycles. The number of methoxy groups -OCH3 is 1. The number of aryl methyl sites for hydroxylation is 1. The third-order valence-electron chi connectivity index (χ3n) is 4.14. The molecule has 0 saturated heterocycles. The van der Waals surface area contributed by atoms with Crippen molar-refractivity contribution in [3.63, 3.8) is 0 Å². The molecule has 0 spiro atoms. The van der Waals surface area contributed by atoms with Gasteiger partial charge in [-0.05, 0) is 38.1 Å². The highest BCUT2D eigenvalue weighted by molar-refractivity contribution is 7.11. The molecule has 0 aliphatic heterocycles. The Bertz CT molecular complexity index is 430. The molecule has 3 nitrogen and oxygen atoms in total. The lowest BCUT2D eigenvalue weighted by Gasteiger charge is -2.22. The summed E-state index contributed by atoms with van der Waals surface area (Å²) >= 11 is 1.89. The molecule has 0 radical (unpaired) electrons. The van der Waals surface area contributed by atoms with E-state index < -0.39 is 0 Å². The number of rotatable bonds is 8. The van der Waals surface area contributed by atoms with E-state index >= 15 is 0 Å². The molecule has 2 unspecified atom stereocenters. The van der Waals surface area contributed by atoms with Crippen molar-refractivity contribution in [1.29, 1.82) is 0 Å². The summed E-state index contributed by atoms with van der Waals surface area (Å²) in [6, 6.07) is 0. The van der Waals surface area contributed by atoms with Crippen LogP contribution in [-0.2, 0) is 11.2 Å². The third-order valence-corrected chi connectivity index (χ3v) is 5.36. The van der Waals surface area contributed by atoms with Crippen LogP contribution in [0.2, 0.25) is 0 Å². The van der Waals surface area contributed by atoms with Crippen molar-refractivity contribution in [2.75, 3.05) is 20.2 Å². The van der Waals surface area contributed by atoms with Crippen molar-refractivity contribution in [2.24, 2.45) is 5.92 Å². The summed E-state index contributed by atoms with van der Waals surface area (Å²) in [6.07, 6.45) is 6.17. The minimum Gasteiger partial charge on any atom is -0.374 e. The minimum atomic E-state index is 0.190. The molecule has 1 aliphatic rings. The standard InChI is InChI=1S/C17H30N2OS/c1-5-7-14(20-4)17-19-16-13(11-18-10-12(2)3)8-6-9-15(16)21-17/h12-14,18H,5-11H2,1-4H3. The predicted octanol–water partition coefficient (Wildman–Crippen LogP) is 4.30. The SMILES string of the molecule is CCCC(OC)c1nc2c(s1)CCCC2CNCC(C)C. The molecule has 2 rings (SSSR count). The number of nitrogens with zero attached hydrogens (tertiary/aromatic N) is 1. The van der Waals surface area contributed by atoms with Crippen molar-refractivity contribution in [3.05, 3.63) is 15.6 Å². The van der Waals surface area contributed by atoms with Crippen LogP contribution in [0.5, 0.6) is 0 Å². The van der Waals surface area contributed by atoms with E-state index in [-0.39, 0.29) is 6.10 Å². The van der Waals surface area contributed by atoms with Gasteiger partial charge in [-0.25, -0.2) is 4.98 Å². The van der Waals surface area contributed by atoms with Crippen molar-refractivity contribution < 1.29 is 4.74 Å². The Kier molecular flexibility index (Phi) is 6.65. The first-order valence-electron chi connectivity index (χ1n) is 8.38. The van der Waals surface area contributed by atoms with Gasteiger partial charge in [-0.15, -0.1) is 11.3 Å². The molecule has 1 N–H and O–H groups in total. The Morgan fingerprint density at radius 2 is 2.24 bits per heavy atom. The van der Waals surface area contributed by atoms with Crippen LogP contribution in [0, 0.1) is 5.92 Å². The molecule has 0 bridgehead atoms. The van der Waals surface area contributed by atoms with Crippen molar-refractivity contribution in [3.8, 4) is 0 Å². The van der Waals surface area contributed by atoms with E-state index in [0.717, 1.165) is 25.9 Å². The number of fused-ring (bicyclic) bond motifs is 1. The second-order valence-corrected chi connectivity index (χ2v) is 7.63. The van der Waals surface area contributed by atoms with Gasteiger partial charge in [-0.1, -0.05) is 27.2 Å². The zero-order chi connectivity index (χ0) is 15.2. The molecule has 2 atom stereocenters. The quantitative estimate of drug-likeness (QED) is 0.777. The van der Waals surface area contributed by atoms with E-state index in [4.69, 9.17) is 9.72 Å². The summed E-state index contributed by atoms with van der Waals surface area (Å²) in [5.74, 6) is 1.30. The summed E-state index contributed by atoms with van der Waals surface area (Å²) < 4.78 is 5.63. The van der Waals surface area contributed by atoms with Gasteiger partial charge in [0.15, 0.2) is 0 Å². The van der Waals surface area contributed by atoms with Gasteiger partial charge in [-0.3, -0.25) is 0 Å². The zero-order valence-corrected chi connectivity index (χ0v) is 14.8. The number of hydrogen-bond donors (Lipinski definition) is 1. The molecule has 4 heteroatoms. The molecule has 21 heavy (non-hydrogen) atoms. The number of ether oxygens (including phenoxy) is 1. The monoisotopic (exact) mass is 310 g/mol. The summed E-state index contributed by atoms with van der Waals surface area (Å²) in [7, 11) is 1.81. The second-order valence-electron chi connectivity index (χ2n) is 6.51. The number of aromatic nitrogens is 1. The Balaban J connectivity index is 2.06. The lowest BCUT2D eigenvalue weighted by molar-refractivity contribution is 0.0946. The van der Waals surface area contributed by atoms with Gasteiger partial charge in [0.25, 0.3) is 0 Å². The minimum absolute atomic E-state index is 0.190. The van der Waals surface area contributed by atoms with E-state index in [1.807, 2.05) is 18.4 Å². The number of nitrogens with one attached hydrogen (secondary N) is 1. The average Bonchev–Trinajstić information content (AvgIpc) is 2.89. The van der Waals surface area contributed by atoms with E-state index in [1.54, 1.807) is 0 Å². The molecule has 120 valence electrons. The van der Waals surface area contributed by atoms with E-state index in [1.165, 1.54) is 34.8 Å². The smallest absolute Gasteiger partial charge is 0.122 e. The topological polar surface area (TPSA) is 34.1 Å². The first-order valence-corrected chi connectivity index (χ1v) is 9.20. The average molecular weight is 311 g/mol. The molecule has 1 aromatic heterocycles. The molecule has 1 aromatic rings. The van der Waals surface area contributed by atoms with E-state index in [2.05, 4.69) is 26.1 Å². The van der Waals surface area contributed by atoms with Gasteiger partial charge in [0, 0.05) is 24.4 Å². The van der Waals surface area contributed by atoms with Gasteiger partial charge >= 0.3 is 0 Å². The highest BCUT2D eigenvalue weighted by atomic mass is 32.1. The Hall–Kier alpha value is -0.450. The lowest BCUT2D eigenvalue weighted by atomic mass is 9.91. The molecule has 0 amide bonds. The number of thiazole rings is 1. The Morgan fingerprint density at radius 1 is 1.43 bits per heavy atom. The molecular formula is C17H30N2OS. The van der Waals surface area contributed by atoms with Crippen molar-refractivity contribution in [1.82, 2.24) is 10.3 Å². The zero-order valence-electron chi connectivity index (χ0n) is 13.9. The normalized spacial score (nSPS) is 19.8. The van der Waals surface area contributed by atoms with Gasteiger partial charge in [0.2, 0.25) is 0 Å². The second kappa shape index (κ2) is 8.25. The van der Waals surface area contributed by atoms with Gasteiger partial charge in [0.05, 0.1) is 5.69 Å². The van der Waals surface area contributed by atoms with Crippen molar-refractivity contribution >= 4 is 11.3 Å². The highest BCUT2D eigenvalue weighted by Crippen LogP contribution is 2.37. The van der Waals surface area contributed by atoms with Crippen LogP contribution in [0.4, 0.5) is 0 Å². The fourth-order valence-corrected chi connectivity index (χ4v) is 4.32. The van der Waals surface area contributed by atoms with Crippen LogP contribution in [-0.4, -0.2) is 25.2 Å². The van der Waals surface area contributed by atoms with Crippen molar-refractivity contribution in [2.45, 2.75) is 64.9 Å². The molecule has 0 fully saturated rings. The summed E-state index contributed by atoms with van der Waals surface area (Å²) in [5.41, 5.74) is 1.36. The number of hydrogen-bond acceptors (Lipinski definition) is 4. The lowest BCUT2D eigenvalue weighted by Crippen LogP contribution is -2.27. The largest absolute Gasteiger partial charge is 0.374 e. The summed E-state index contributed by atoms with van der Waals surface area (Å²) in [5, 5.41) is 4.80. The highest BCUT2D eigenvalue weighted by Gasteiger charge is 2.26. The fraction of sp³-hybridized carbons (Fsp3) is 0.824. The first kappa shape index (κ1) is 16.9. The van der Waals surface area contributed by atoms with Crippen LogP contribution in [0.1, 0.15) is 74.1 Å². The predicted molar refractivity (Wildman–Crippen MR) is 90.2 cm³/mol. The molecule has 0 saturated carbocycles. The maximum absolute atomic E-state index is 5.63. The maximum Gasteiger partial charge on any atom is 0.122 e. The van der Waals surface area contributed by atoms with Gasteiger partial charge < -0.3 is 10.1 Å². The molecule has 1 aliphatic carbocycles. The third kappa shape index (κ3) is 4.51. The van der Waals surface area contributed by atoms with Crippen LogP contribution in [0.25, 0.3) is 0 Å². The van der Waals surface area contributed by atoms with Crippen LogP contribution in [0.15, 0.2) is 0 Å². The van der Waals surface area contributed by atoms with Crippen LogP contribution >= 0.6 is 11.3 Å². The van der Waals surface area contributed by atoms with E-state index in [9.17, 15) is 0 Å². The van der Waals surface area contributed by atoms with Gasteiger partial charge in [-0.2, -0.15) is 0 Å². The molecular weight excluding hydrogens is 280 g/mol. The Morgan fingerprint density at radius 3 is 2.90 bits per heavy atom. The van der Waals surface area contributed by atoms with Gasteiger partial charge in [0.1, 0.15) is 11.1 Å². The maximum atomic E-state index is 5.63. The summed E-state index contributed by atoms with van der Waals surface area (Å²) in [4.78, 5) is 6.48. The fourth-order valence-electron chi connectivity index (χ4n) is 3.01. The van der Waals surface area contributed by atoms with E-state index in [0.29, 0.717) is 11.8 Å². The van der Waals surface area contributed by atoms with Crippen LogP contribution < -0.4 is 5.32 Å².